The van der Waals surface area contributed by atoms with Crippen molar-refractivity contribution in [2.45, 2.75) is 44.4 Å². The second-order valence-electron chi connectivity index (χ2n) is 4.95. The normalized spacial score (nSPS) is 18.7. The summed E-state index contributed by atoms with van der Waals surface area (Å²) in [5.74, 6) is 8.19. The first kappa shape index (κ1) is 12.2. The summed E-state index contributed by atoms with van der Waals surface area (Å²) in [5, 5.41) is 0. The van der Waals surface area contributed by atoms with Crippen molar-refractivity contribution < 1.29 is 4.74 Å². The predicted octanol–water partition coefficient (Wildman–Crippen LogP) is 1.59. The third-order valence-corrected chi connectivity index (χ3v) is 3.61. The largest absolute Gasteiger partial charge is 0.384 e. The third-order valence-electron chi connectivity index (χ3n) is 3.61. The molecule has 1 fully saturated rings. The summed E-state index contributed by atoms with van der Waals surface area (Å²) < 4.78 is 6.71. The molecule has 1 atom stereocenters. The minimum atomic E-state index is 0.185. The standard InChI is InChI=1S/C12H22N4O/c1-8(7-17-2)10-11(13)16(14)12(15-10)9-5-3-4-6-9/h8-9H,3-7,13-14H2,1-2H3. The highest BCUT2D eigenvalue weighted by Crippen LogP contribution is 2.35. The average molecular weight is 238 g/mol. The number of aromatic nitrogens is 2. The maximum Gasteiger partial charge on any atom is 0.146 e. The highest BCUT2D eigenvalue weighted by Gasteiger charge is 2.26. The number of methoxy groups -OCH3 is 1. The quantitative estimate of drug-likeness (QED) is 0.781. The van der Waals surface area contributed by atoms with Crippen LogP contribution in [0.4, 0.5) is 5.82 Å². The summed E-state index contributed by atoms with van der Waals surface area (Å²) in [5.41, 5.74) is 6.89. The second kappa shape index (κ2) is 4.96. The first-order valence-corrected chi connectivity index (χ1v) is 6.27. The van der Waals surface area contributed by atoms with Gasteiger partial charge in [0.15, 0.2) is 0 Å². The zero-order valence-electron chi connectivity index (χ0n) is 10.6. The molecule has 1 saturated carbocycles. The maximum atomic E-state index is 6.02. The molecule has 0 saturated heterocycles. The molecule has 1 aromatic rings. The van der Waals surface area contributed by atoms with Gasteiger partial charge in [-0.3, -0.25) is 0 Å². The topological polar surface area (TPSA) is 79.1 Å². The Morgan fingerprint density at radius 2 is 2.12 bits per heavy atom. The molecule has 0 radical (unpaired) electrons. The Balaban J connectivity index is 2.26. The summed E-state index contributed by atoms with van der Waals surface area (Å²) in [6.45, 7) is 2.67. The van der Waals surface area contributed by atoms with E-state index in [2.05, 4.69) is 11.9 Å². The van der Waals surface area contributed by atoms with Crippen molar-refractivity contribution in [2.24, 2.45) is 0 Å². The Hall–Kier alpha value is -1.23. The van der Waals surface area contributed by atoms with Crippen molar-refractivity contribution in [2.75, 3.05) is 25.3 Å². The lowest BCUT2D eigenvalue weighted by Gasteiger charge is -2.08. The number of imidazole rings is 1. The van der Waals surface area contributed by atoms with Crippen molar-refractivity contribution in [1.82, 2.24) is 9.66 Å². The van der Waals surface area contributed by atoms with Gasteiger partial charge in [0.1, 0.15) is 11.6 Å². The molecule has 5 nitrogen and oxygen atoms in total. The fourth-order valence-corrected chi connectivity index (χ4v) is 2.64. The fourth-order valence-electron chi connectivity index (χ4n) is 2.64. The molecule has 0 aliphatic heterocycles. The molecule has 1 aliphatic rings. The molecule has 0 aromatic carbocycles. The Morgan fingerprint density at radius 1 is 1.47 bits per heavy atom. The van der Waals surface area contributed by atoms with Gasteiger partial charge in [-0.05, 0) is 12.8 Å². The third kappa shape index (κ3) is 2.24. The van der Waals surface area contributed by atoms with Gasteiger partial charge in [0.2, 0.25) is 0 Å². The van der Waals surface area contributed by atoms with E-state index in [1.54, 1.807) is 11.8 Å². The molecule has 1 aliphatic carbocycles. The van der Waals surface area contributed by atoms with Crippen LogP contribution in [0.1, 0.15) is 56.0 Å². The van der Waals surface area contributed by atoms with E-state index in [9.17, 15) is 0 Å². The van der Waals surface area contributed by atoms with Crippen LogP contribution in [0.3, 0.4) is 0 Å². The molecule has 17 heavy (non-hydrogen) atoms. The molecule has 0 bridgehead atoms. The number of rotatable bonds is 4. The van der Waals surface area contributed by atoms with Crippen molar-refractivity contribution in [1.29, 1.82) is 0 Å². The van der Waals surface area contributed by atoms with Crippen LogP contribution in [0.15, 0.2) is 0 Å². The van der Waals surface area contributed by atoms with Gasteiger partial charge in [-0.1, -0.05) is 19.8 Å². The number of nitrogens with zero attached hydrogens (tertiary/aromatic N) is 2. The van der Waals surface area contributed by atoms with Gasteiger partial charge < -0.3 is 16.3 Å². The maximum absolute atomic E-state index is 6.02. The Labute approximate surface area is 102 Å². The molecule has 0 amide bonds. The summed E-state index contributed by atoms with van der Waals surface area (Å²) in [4.78, 5) is 4.64. The van der Waals surface area contributed by atoms with Gasteiger partial charge >= 0.3 is 0 Å². The van der Waals surface area contributed by atoms with Gasteiger partial charge in [-0.15, -0.1) is 0 Å². The zero-order valence-corrected chi connectivity index (χ0v) is 10.6. The lowest BCUT2D eigenvalue weighted by atomic mass is 10.1. The lowest BCUT2D eigenvalue weighted by Crippen LogP contribution is -2.17. The summed E-state index contributed by atoms with van der Waals surface area (Å²) in [6, 6.07) is 0. The monoisotopic (exact) mass is 238 g/mol. The number of hydrogen-bond donors (Lipinski definition) is 2. The number of nitrogen functional groups attached to an aromatic ring is 2. The fraction of sp³-hybridized carbons (Fsp3) is 0.750. The van der Waals surface area contributed by atoms with Gasteiger partial charge in [0.25, 0.3) is 0 Å². The SMILES string of the molecule is COCC(C)c1nc(C2CCCC2)n(N)c1N. The Kier molecular flexibility index (Phi) is 3.57. The molecule has 2 rings (SSSR count). The van der Waals surface area contributed by atoms with E-state index in [1.807, 2.05) is 0 Å². The van der Waals surface area contributed by atoms with Crippen LogP contribution >= 0.6 is 0 Å². The molecule has 5 heteroatoms. The van der Waals surface area contributed by atoms with Crippen molar-refractivity contribution in [3.63, 3.8) is 0 Å². The van der Waals surface area contributed by atoms with E-state index in [-0.39, 0.29) is 5.92 Å². The zero-order chi connectivity index (χ0) is 12.4. The molecule has 0 spiro atoms. The molecular weight excluding hydrogens is 216 g/mol. The van der Waals surface area contributed by atoms with Crippen LogP contribution in [0, 0.1) is 0 Å². The Bertz CT molecular complexity index is 382. The van der Waals surface area contributed by atoms with Crippen LogP contribution in [-0.4, -0.2) is 23.4 Å². The first-order valence-electron chi connectivity index (χ1n) is 6.27. The van der Waals surface area contributed by atoms with Crippen LogP contribution < -0.4 is 11.6 Å². The van der Waals surface area contributed by atoms with E-state index in [0.717, 1.165) is 11.5 Å². The van der Waals surface area contributed by atoms with E-state index >= 15 is 0 Å². The Morgan fingerprint density at radius 3 is 2.71 bits per heavy atom. The predicted molar refractivity (Wildman–Crippen MR) is 68.3 cm³/mol. The number of hydrogen-bond acceptors (Lipinski definition) is 4. The highest BCUT2D eigenvalue weighted by molar-refractivity contribution is 5.41. The minimum Gasteiger partial charge on any atom is -0.384 e. The van der Waals surface area contributed by atoms with E-state index in [4.69, 9.17) is 16.3 Å². The molecule has 4 N–H and O–H groups in total. The van der Waals surface area contributed by atoms with Gasteiger partial charge in [0, 0.05) is 18.9 Å². The molecule has 1 heterocycles. The van der Waals surface area contributed by atoms with Crippen molar-refractivity contribution in [3.05, 3.63) is 11.5 Å². The van der Waals surface area contributed by atoms with E-state index < -0.39 is 0 Å². The lowest BCUT2D eigenvalue weighted by molar-refractivity contribution is 0.183. The average Bonchev–Trinajstić information content (AvgIpc) is 2.90. The van der Waals surface area contributed by atoms with Gasteiger partial charge in [0.05, 0.1) is 12.3 Å². The van der Waals surface area contributed by atoms with Crippen LogP contribution in [0.25, 0.3) is 0 Å². The van der Waals surface area contributed by atoms with Gasteiger partial charge in [-0.2, -0.15) is 0 Å². The molecule has 1 aromatic heterocycles. The van der Waals surface area contributed by atoms with Crippen LogP contribution in [0.2, 0.25) is 0 Å². The number of nitrogens with two attached hydrogens (primary N) is 2. The second-order valence-corrected chi connectivity index (χ2v) is 4.95. The summed E-state index contributed by atoms with van der Waals surface area (Å²) in [6.07, 6.45) is 4.87. The van der Waals surface area contributed by atoms with Crippen LogP contribution in [-0.2, 0) is 4.74 Å². The van der Waals surface area contributed by atoms with E-state index in [0.29, 0.717) is 18.3 Å². The van der Waals surface area contributed by atoms with Gasteiger partial charge in [-0.25, -0.2) is 9.66 Å². The first-order chi connectivity index (χ1) is 8.15. The summed E-state index contributed by atoms with van der Waals surface area (Å²) >= 11 is 0. The van der Waals surface area contributed by atoms with E-state index in [1.165, 1.54) is 25.7 Å². The smallest absolute Gasteiger partial charge is 0.146 e. The van der Waals surface area contributed by atoms with Crippen LogP contribution in [0.5, 0.6) is 0 Å². The molecular formula is C12H22N4O. The molecule has 96 valence electrons. The minimum absolute atomic E-state index is 0.185. The number of ether oxygens (including phenoxy) is 1. The van der Waals surface area contributed by atoms with Crippen molar-refractivity contribution >= 4 is 5.82 Å². The number of anilines is 1. The highest BCUT2D eigenvalue weighted by atomic mass is 16.5. The van der Waals surface area contributed by atoms with Crippen molar-refractivity contribution in [3.8, 4) is 0 Å². The summed E-state index contributed by atoms with van der Waals surface area (Å²) in [7, 11) is 1.68. The molecule has 1 unspecified atom stereocenters.